The summed E-state index contributed by atoms with van der Waals surface area (Å²) < 4.78 is 0. The van der Waals surface area contributed by atoms with Crippen molar-refractivity contribution in [3.05, 3.63) is 42.2 Å². The molecule has 1 radical (unpaired) electrons. The highest BCUT2D eigenvalue weighted by atomic mass is 14.7. The predicted octanol–water partition coefficient (Wildman–Crippen LogP) is 3.16. The van der Waals surface area contributed by atoms with Crippen LogP contribution in [0.25, 0.3) is 10.8 Å². The number of rotatable bonds is 1. The molecule has 65 valence electrons. The Morgan fingerprint density at radius 2 is 2.00 bits per heavy atom. The Balaban J connectivity index is 2.76. The van der Waals surface area contributed by atoms with E-state index in [9.17, 15) is 0 Å². The summed E-state index contributed by atoms with van der Waals surface area (Å²) in [5.41, 5.74) is 1.14. The van der Waals surface area contributed by atoms with Crippen molar-refractivity contribution in [1.29, 1.82) is 0 Å². The Hall–Kier alpha value is -1.37. The summed E-state index contributed by atoms with van der Waals surface area (Å²) in [6, 6.07) is 10.2. The van der Waals surface area contributed by atoms with Crippen molar-refractivity contribution in [3.63, 3.8) is 0 Å². The van der Waals surface area contributed by atoms with Crippen molar-refractivity contribution >= 4 is 10.8 Å². The summed E-state index contributed by atoms with van der Waals surface area (Å²) in [6.07, 6.45) is 2.94. The summed E-state index contributed by atoms with van der Waals surface area (Å²) in [7, 11) is 0. The van der Waals surface area contributed by atoms with Crippen LogP contribution in [-0.2, 0) is 0 Å². The van der Waals surface area contributed by atoms with Gasteiger partial charge in [0.15, 0.2) is 0 Å². The highest BCUT2D eigenvalue weighted by molar-refractivity contribution is 5.84. The van der Waals surface area contributed by atoms with Crippen LogP contribution in [0.1, 0.15) is 25.5 Å². The molecule has 0 bridgehead atoms. The quantitative estimate of drug-likeness (QED) is 0.640. The van der Waals surface area contributed by atoms with Crippen molar-refractivity contribution in [2.45, 2.75) is 19.8 Å². The average Bonchev–Trinajstić information content (AvgIpc) is 2.17. The summed E-state index contributed by atoms with van der Waals surface area (Å²) in [4.78, 5) is 4.28. The predicted molar refractivity (Wildman–Crippen MR) is 54.7 cm³/mol. The van der Waals surface area contributed by atoms with E-state index in [-0.39, 0.29) is 0 Å². The molecule has 13 heavy (non-hydrogen) atoms. The van der Waals surface area contributed by atoms with Crippen LogP contribution in [0.15, 0.2) is 30.3 Å². The van der Waals surface area contributed by atoms with Crippen LogP contribution >= 0.6 is 0 Å². The molecule has 0 amide bonds. The van der Waals surface area contributed by atoms with E-state index in [4.69, 9.17) is 0 Å². The molecular formula is C12H12N. The first-order valence-electron chi connectivity index (χ1n) is 4.55. The third kappa shape index (κ3) is 1.42. The molecule has 0 unspecified atom stereocenters. The lowest BCUT2D eigenvalue weighted by atomic mass is 10.0. The smallest absolute Gasteiger partial charge is 0.0896 e. The van der Waals surface area contributed by atoms with Gasteiger partial charge in [-0.1, -0.05) is 38.1 Å². The fourth-order valence-electron chi connectivity index (χ4n) is 1.53. The fraction of sp³-hybridized carbons (Fsp3) is 0.250. The maximum Gasteiger partial charge on any atom is 0.0896 e. The lowest BCUT2D eigenvalue weighted by Crippen LogP contribution is -1.93. The standard InChI is InChI=1S/C12H12N/c1-9(2)12-11-6-4-3-5-10(11)7-8-13-12/h3-7,9H,1-2H3. The van der Waals surface area contributed by atoms with E-state index >= 15 is 0 Å². The molecule has 0 saturated carbocycles. The minimum absolute atomic E-state index is 0.461. The van der Waals surface area contributed by atoms with Gasteiger partial charge in [0, 0.05) is 5.39 Å². The minimum Gasteiger partial charge on any atom is -0.250 e. The van der Waals surface area contributed by atoms with Crippen molar-refractivity contribution in [2.75, 3.05) is 0 Å². The van der Waals surface area contributed by atoms with Gasteiger partial charge >= 0.3 is 0 Å². The molecule has 2 aromatic rings. The van der Waals surface area contributed by atoms with Crippen LogP contribution in [0.2, 0.25) is 0 Å². The van der Waals surface area contributed by atoms with Gasteiger partial charge in [-0.25, -0.2) is 0 Å². The van der Waals surface area contributed by atoms with Crippen molar-refractivity contribution in [3.8, 4) is 0 Å². The van der Waals surface area contributed by atoms with E-state index in [1.807, 2.05) is 12.1 Å². The van der Waals surface area contributed by atoms with Crippen molar-refractivity contribution < 1.29 is 0 Å². The normalized spacial score (nSPS) is 11.0. The second-order valence-electron chi connectivity index (χ2n) is 3.51. The number of aromatic nitrogens is 1. The van der Waals surface area contributed by atoms with Crippen LogP contribution < -0.4 is 0 Å². The lowest BCUT2D eigenvalue weighted by Gasteiger charge is -2.07. The Kier molecular flexibility index (Phi) is 2.01. The molecule has 0 fully saturated rings. The lowest BCUT2D eigenvalue weighted by molar-refractivity contribution is 0.833. The van der Waals surface area contributed by atoms with Gasteiger partial charge in [0.1, 0.15) is 0 Å². The second kappa shape index (κ2) is 3.17. The Labute approximate surface area is 78.4 Å². The minimum atomic E-state index is 0.461. The van der Waals surface area contributed by atoms with E-state index in [0.717, 1.165) is 5.69 Å². The van der Waals surface area contributed by atoms with E-state index < -0.39 is 0 Å². The van der Waals surface area contributed by atoms with Gasteiger partial charge < -0.3 is 0 Å². The van der Waals surface area contributed by atoms with Gasteiger partial charge in [-0.2, -0.15) is 0 Å². The fourth-order valence-corrected chi connectivity index (χ4v) is 1.53. The van der Waals surface area contributed by atoms with Gasteiger partial charge in [0.25, 0.3) is 0 Å². The number of benzene rings is 1. The third-order valence-electron chi connectivity index (χ3n) is 2.19. The molecular weight excluding hydrogens is 158 g/mol. The van der Waals surface area contributed by atoms with E-state index in [2.05, 4.69) is 43.2 Å². The first kappa shape index (κ1) is 8.24. The van der Waals surface area contributed by atoms with Crippen molar-refractivity contribution in [2.24, 2.45) is 0 Å². The van der Waals surface area contributed by atoms with Crippen LogP contribution in [0.5, 0.6) is 0 Å². The largest absolute Gasteiger partial charge is 0.250 e. The zero-order valence-corrected chi connectivity index (χ0v) is 7.91. The summed E-state index contributed by atoms with van der Waals surface area (Å²) in [5, 5.41) is 2.47. The number of fused-ring (bicyclic) bond motifs is 1. The van der Waals surface area contributed by atoms with Gasteiger partial charge in [-0.3, -0.25) is 4.98 Å². The van der Waals surface area contributed by atoms with E-state index in [1.54, 1.807) is 0 Å². The topological polar surface area (TPSA) is 12.9 Å². The van der Waals surface area contributed by atoms with Crippen LogP contribution in [0.4, 0.5) is 0 Å². The van der Waals surface area contributed by atoms with Crippen molar-refractivity contribution in [1.82, 2.24) is 4.98 Å². The van der Waals surface area contributed by atoms with Gasteiger partial charge in [-0.05, 0) is 17.4 Å². The molecule has 1 heteroatoms. The molecule has 0 aliphatic rings. The second-order valence-corrected chi connectivity index (χ2v) is 3.51. The molecule has 1 heterocycles. The maximum absolute atomic E-state index is 4.28. The molecule has 2 rings (SSSR count). The van der Waals surface area contributed by atoms with Gasteiger partial charge in [0.05, 0.1) is 11.9 Å². The monoisotopic (exact) mass is 170 g/mol. The summed E-state index contributed by atoms with van der Waals surface area (Å²) >= 11 is 0. The molecule has 0 spiro atoms. The zero-order chi connectivity index (χ0) is 9.26. The number of pyridine rings is 1. The SMILES string of the molecule is CC(C)c1n[c]cc2ccccc12. The molecule has 0 aliphatic carbocycles. The molecule has 1 aromatic heterocycles. The first-order valence-corrected chi connectivity index (χ1v) is 4.55. The highest BCUT2D eigenvalue weighted by Crippen LogP contribution is 2.22. The van der Waals surface area contributed by atoms with Crippen LogP contribution in [0.3, 0.4) is 0 Å². The average molecular weight is 170 g/mol. The van der Waals surface area contributed by atoms with E-state index in [1.165, 1.54) is 10.8 Å². The molecule has 0 aliphatic heterocycles. The Bertz CT molecular complexity index is 413. The molecule has 0 N–H and O–H groups in total. The zero-order valence-electron chi connectivity index (χ0n) is 7.91. The first-order chi connectivity index (χ1) is 6.29. The molecule has 1 nitrogen and oxygen atoms in total. The summed E-state index contributed by atoms with van der Waals surface area (Å²) in [6.45, 7) is 4.31. The van der Waals surface area contributed by atoms with Crippen LogP contribution in [0, 0.1) is 6.20 Å². The molecule has 0 saturated heterocycles. The number of hydrogen-bond donors (Lipinski definition) is 0. The maximum atomic E-state index is 4.28. The molecule has 0 atom stereocenters. The van der Waals surface area contributed by atoms with Gasteiger partial charge in [-0.15, -0.1) is 0 Å². The van der Waals surface area contributed by atoms with Crippen LogP contribution in [-0.4, -0.2) is 4.98 Å². The van der Waals surface area contributed by atoms with E-state index in [0.29, 0.717) is 5.92 Å². The number of hydrogen-bond acceptors (Lipinski definition) is 1. The molecule has 1 aromatic carbocycles. The highest BCUT2D eigenvalue weighted by Gasteiger charge is 2.04. The van der Waals surface area contributed by atoms with Gasteiger partial charge in [0.2, 0.25) is 0 Å². The Morgan fingerprint density at radius 3 is 2.77 bits per heavy atom. The Morgan fingerprint density at radius 1 is 1.23 bits per heavy atom. The number of nitrogens with zero attached hydrogens (tertiary/aromatic N) is 1. The summed E-state index contributed by atoms with van der Waals surface area (Å²) in [5.74, 6) is 0.461. The third-order valence-corrected chi connectivity index (χ3v) is 2.19.